The molecular formula is C12H16N2O4. The van der Waals surface area contributed by atoms with Crippen molar-refractivity contribution >= 4 is 12.4 Å². The van der Waals surface area contributed by atoms with Crippen molar-refractivity contribution in [3.05, 3.63) is 17.3 Å². The van der Waals surface area contributed by atoms with Crippen LogP contribution >= 0.6 is 0 Å². The molecule has 18 heavy (non-hydrogen) atoms. The van der Waals surface area contributed by atoms with Gasteiger partial charge < -0.3 is 14.1 Å². The third kappa shape index (κ3) is 2.69. The van der Waals surface area contributed by atoms with E-state index in [2.05, 4.69) is 4.98 Å². The van der Waals surface area contributed by atoms with Crippen molar-refractivity contribution in [3.63, 3.8) is 0 Å². The number of nitrogens with zero attached hydrogens (tertiary/aromatic N) is 2. The third-order valence-corrected chi connectivity index (χ3v) is 2.50. The molecule has 1 aromatic rings. The van der Waals surface area contributed by atoms with E-state index in [9.17, 15) is 9.59 Å². The summed E-state index contributed by atoms with van der Waals surface area (Å²) in [7, 11) is 0. The maximum Gasteiger partial charge on any atom is 0.410 e. The summed E-state index contributed by atoms with van der Waals surface area (Å²) in [6.07, 6.45) is 0.763. The smallest absolute Gasteiger partial charge is 0.410 e. The second kappa shape index (κ2) is 4.44. The highest BCUT2D eigenvalue weighted by Gasteiger charge is 2.28. The van der Waals surface area contributed by atoms with Crippen LogP contribution in [0, 0.1) is 0 Å². The number of hydrogen-bond donors (Lipinski definition) is 0. The van der Waals surface area contributed by atoms with Crippen LogP contribution in [0.5, 0.6) is 0 Å². The molecule has 0 aromatic carbocycles. The van der Waals surface area contributed by atoms with Crippen molar-refractivity contribution in [2.45, 2.75) is 39.3 Å². The fourth-order valence-corrected chi connectivity index (χ4v) is 1.75. The molecule has 0 N–H and O–H groups in total. The van der Waals surface area contributed by atoms with Crippen molar-refractivity contribution in [3.8, 4) is 0 Å². The minimum Gasteiger partial charge on any atom is -0.444 e. The number of rotatable bonds is 1. The van der Waals surface area contributed by atoms with Crippen molar-refractivity contribution in [1.29, 1.82) is 0 Å². The van der Waals surface area contributed by atoms with Crippen LogP contribution in [0.1, 0.15) is 42.9 Å². The third-order valence-electron chi connectivity index (χ3n) is 2.50. The number of hydrogen-bond acceptors (Lipinski definition) is 5. The van der Waals surface area contributed by atoms with Gasteiger partial charge in [0.1, 0.15) is 11.4 Å². The monoisotopic (exact) mass is 252 g/mol. The van der Waals surface area contributed by atoms with Crippen LogP contribution in [0.4, 0.5) is 4.79 Å². The molecule has 0 spiro atoms. The van der Waals surface area contributed by atoms with Gasteiger partial charge in [0.05, 0.1) is 12.2 Å². The van der Waals surface area contributed by atoms with Crippen LogP contribution in [0.3, 0.4) is 0 Å². The lowest BCUT2D eigenvalue weighted by atomic mass is 10.1. The Hall–Kier alpha value is -1.85. The summed E-state index contributed by atoms with van der Waals surface area (Å²) in [5, 5.41) is 0. The SMILES string of the molecule is CC(C)(C)OC(=O)N1CCc2nc(C=O)oc2C1. The Bertz CT molecular complexity index is 473. The summed E-state index contributed by atoms with van der Waals surface area (Å²) >= 11 is 0. The Morgan fingerprint density at radius 3 is 2.83 bits per heavy atom. The quantitative estimate of drug-likeness (QED) is 0.712. The number of oxazole rings is 1. The number of aldehydes is 1. The first-order chi connectivity index (χ1) is 8.39. The summed E-state index contributed by atoms with van der Waals surface area (Å²) in [5.41, 5.74) is 0.226. The minimum atomic E-state index is -0.521. The summed E-state index contributed by atoms with van der Waals surface area (Å²) in [6, 6.07) is 0. The molecule has 0 radical (unpaired) electrons. The molecule has 0 aliphatic carbocycles. The molecule has 0 unspecified atom stereocenters. The maximum absolute atomic E-state index is 11.9. The molecule has 2 heterocycles. The van der Waals surface area contributed by atoms with E-state index >= 15 is 0 Å². The van der Waals surface area contributed by atoms with Crippen LogP contribution in [-0.4, -0.2) is 34.4 Å². The molecule has 6 heteroatoms. The van der Waals surface area contributed by atoms with E-state index < -0.39 is 5.60 Å². The summed E-state index contributed by atoms with van der Waals surface area (Å²) in [4.78, 5) is 28.0. The lowest BCUT2D eigenvalue weighted by molar-refractivity contribution is 0.0208. The Labute approximate surface area is 105 Å². The number of aromatic nitrogens is 1. The van der Waals surface area contributed by atoms with Crippen LogP contribution < -0.4 is 0 Å². The molecule has 0 saturated heterocycles. The first-order valence-corrected chi connectivity index (χ1v) is 5.81. The predicted octanol–water partition coefficient (Wildman–Crippen LogP) is 1.78. The van der Waals surface area contributed by atoms with Crippen molar-refractivity contribution in [2.75, 3.05) is 6.54 Å². The Morgan fingerprint density at radius 2 is 2.22 bits per heavy atom. The molecule has 1 aliphatic rings. The maximum atomic E-state index is 11.9. The van der Waals surface area contributed by atoms with Gasteiger partial charge in [-0.2, -0.15) is 0 Å². The molecule has 0 bridgehead atoms. The van der Waals surface area contributed by atoms with Gasteiger partial charge in [-0.15, -0.1) is 0 Å². The highest BCUT2D eigenvalue weighted by Crippen LogP contribution is 2.21. The average Bonchev–Trinajstić information content (AvgIpc) is 2.68. The highest BCUT2D eigenvalue weighted by molar-refractivity contribution is 5.69. The van der Waals surface area contributed by atoms with E-state index in [1.807, 2.05) is 20.8 Å². The van der Waals surface area contributed by atoms with Gasteiger partial charge in [0.2, 0.25) is 6.29 Å². The fourth-order valence-electron chi connectivity index (χ4n) is 1.75. The minimum absolute atomic E-state index is 0.0611. The zero-order valence-corrected chi connectivity index (χ0v) is 10.7. The normalized spacial score (nSPS) is 15.2. The molecule has 98 valence electrons. The molecular weight excluding hydrogens is 236 g/mol. The molecule has 1 amide bonds. The van der Waals surface area contributed by atoms with E-state index in [0.717, 1.165) is 5.69 Å². The molecule has 0 fully saturated rings. The van der Waals surface area contributed by atoms with Crippen LogP contribution in [0.25, 0.3) is 0 Å². The van der Waals surface area contributed by atoms with Gasteiger partial charge in [-0.05, 0) is 20.8 Å². The first kappa shape index (κ1) is 12.6. The Morgan fingerprint density at radius 1 is 1.50 bits per heavy atom. The number of ether oxygens (including phenoxy) is 1. The predicted molar refractivity (Wildman–Crippen MR) is 62.2 cm³/mol. The molecule has 2 rings (SSSR count). The number of amides is 1. The van der Waals surface area contributed by atoms with Crippen LogP contribution in [0.2, 0.25) is 0 Å². The lowest BCUT2D eigenvalue weighted by Crippen LogP contribution is -2.39. The highest BCUT2D eigenvalue weighted by atomic mass is 16.6. The van der Waals surface area contributed by atoms with Crippen LogP contribution in [0.15, 0.2) is 4.42 Å². The van der Waals surface area contributed by atoms with Gasteiger partial charge in [0, 0.05) is 13.0 Å². The number of carbonyl (C=O) groups is 2. The fraction of sp³-hybridized carbons (Fsp3) is 0.583. The van der Waals surface area contributed by atoms with Gasteiger partial charge in [-0.3, -0.25) is 4.79 Å². The largest absolute Gasteiger partial charge is 0.444 e. The molecule has 1 aliphatic heterocycles. The second-order valence-corrected chi connectivity index (χ2v) is 5.19. The molecule has 1 aromatic heterocycles. The van der Waals surface area contributed by atoms with Crippen molar-refractivity contribution in [1.82, 2.24) is 9.88 Å². The Kier molecular flexibility index (Phi) is 3.11. The zero-order valence-electron chi connectivity index (χ0n) is 10.7. The standard InChI is InChI=1S/C12H16N2O4/c1-12(2,3)18-11(16)14-5-4-8-9(6-14)17-10(7-15)13-8/h7H,4-6H2,1-3H3. The molecule has 0 atom stereocenters. The topological polar surface area (TPSA) is 72.6 Å². The summed E-state index contributed by atoms with van der Waals surface area (Å²) in [5.74, 6) is 0.625. The van der Waals surface area contributed by atoms with Crippen molar-refractivity contribution < 1.29 is 18.7 Å². The molecule has 0 saturated carbocycles. The summed E-state index contributed by atoms with van der Waals surface area (Å²) < 4.78 is 10.5. The van der Waals surface area contributed by atoms with E-state index in [1.54, 1.807) is 4.90 Å². The van der Waals surface area contributed by atoms with Crippen LogP contribution in [-0.2, 0) is 17.7 Å². The van der Waals surface area contributed by atoms with Gasteiger partial charge in [0.15, 0.2) is 0 Å². The van der Waals surface area contributed by atoms with E-state index in [1.165, 1.54) is 0 Å². The van der Waals surface area contributed by atoms with Gasteiger partial charge >= 0.3 is 6.09 Å². The zero-order chi connectivity index (χ0) is 13.3. The summed E-state index contributed by atoms with van der Waals surface area (Å²) in [6.45, 7) is 6.27. The van der Waals surface area contributed by atoms with Gasteiger partial charge in [-0.25, -0.2) is 9.78 Å². The number of fused-ring (bicyclic) bond motifs is 1. The van der Waals surface area contributed by atoms with Gasteiger partial charge in [-0.1, -0.05) is 0 Å². The Balaban J connectivity index is 2.07. The van der Waals surface area contributed by atoms with Gasteiger partial charge in [0.25, 0.3) is 5.89 Å². The van der Waals surface area contributed by atoms with E-state index in [4.69, 9.17) is 9.15 Å². The van der Waals surface area contributed by atoms with E-state index in [0.29, 0.717) is 31.6 Å². The van der Waals surface area contributed by atoms with E-state index in [-0.39, 0.29) is 12.0 Å². The second-order valence-electron chi connectivity index (χ2n) is 5.19. The average molecular weight is 252 g/mol. The number of carbonyl (C=O) groups excluding carboxylic acids is 2. The molecule has 6 nitrogen and oxygen atoms in total. The lowest BCUT2D eigenvalue weighted by Gasteiger charge is -2.28. The first-order valence-electron chi connectivity index (χ1n) is 5.81. The van der Waals surface area contributed by atoms with Crippen molar-refractivity contribution in [2.24, 2.45) is 0 Å².